The Morgan fingerprint density at radius 1 is 1.40 bits per heavy atom. The van der Waals surface area contributed by atoms with E-state index in [4.69, 9.17) is 0 Å². The van der Waals surface area contributed by atoms with Gasteiger partial charge in [0, 0.05) is 12.6 Å². The second-order valence-corrected chi connectivity index (χ2v) is 4.76. The molecule has 82 valence electrons. The molecule has 0 amide bonds. The van der Waals surface area contributed by atoms with Crippen LogP contribution in [0.1, 0.15) is 37.5 Å². The normalized spacial score (nSPS) is 25.3. The molecule has 0 saturated carbocycles. The molecule has 0 saturated heterocycles. The largest absolute Gasteiger partial charge is 0.387 e. The first kappa shape index (κ1) is 10.7. The van der Waals surface area contributed by atoms with Crippen molar-refractivity contribution < 1.29 is 5.11 Å². The van der Waals surface area contributed by atoms with Crippen molar-refractivity contribution in [1.82, 2.24) is 5.32 Å². The molecular formula is C13H19NO. The molecule has 0 aromatic heterocycles. The van der Waals surface area contributed by atoms with Crippen molar-refractivity contribution in [2.75, 3.05) is 0 Å². The molecule has 2 heteroatoms. The van der Waals surface area contributed by atoms with Gasteiger partial charge < -0.3 is 10.4 Å². The molecule has 1 aliphatic heterocycles. The third-order valence-electron chi connectivity index (χ3n) is 3.03. The van der Waals surface area contributed by atoms with E-state index in [1.807, 2.05) is 18.2 Å². The highest BCUT2D eigenvalue weighted by Crippen LogP contribution is 2.28. The van der Waals surface area contributed by atoms with Crippen LogP contribution in [0.4, 0.5) is 0 Å². The zero-order chi connectivity index (χ0) is 10.8. The summed E-state index contributed by atoms with van der Waals surface area (Å²) in [6.07, 6.45) is 0.674. The average Bonchev–Trinajstić information content (AvgIpc) is 2.22. The van der Waals surface area contributed by atoms with Crippen molar-refractivity contribution in [3.8, 4) is 0 Å². The maximum atomic E-state index is 10.2. The van der Waals surface area contributed by atoms with E-state index in [2.05, 4.69) is 25.2 Å². The molecule has 2 nitrogen and oxygen atoms in total. The fourth-order valence-corrected chi connectivity index (χ4v) is 2.27. The van der Waals surface area contributed by atoms with Crippen LogP contribution in [0.3, 0.4) is 0 Å². The molecule has 0 bridgehead atoms. The number of hydrogen-bond acceptors (Lipinski definition) is 2. The molecule has 2 rings (SSSR count). The molecule has 1 aromatic carbocycles. The van der Waals surface area contributed by atoms with Crippen LogP contribution in [0.15, 0.2) is 24.3 Å². The Kier molecular flexibility index (Phi) is 3.08. The second kappa shape index (κ2) is 4.33. The molecule has 0 aliphatic carbocycles. The molecule has 1 heterocycles. The Morgan fingerprint density at radius 3 is 2.87 bits per heavy atom. The topological polar surface area (TPSA) is 32.3 Å². The van der Waals surface area contributed by atoms with Crippen LogP contribution in [0, 0.1) is 5.92 Å². The van der Waals surface area contributed by atoms with Crippen LogP contribution in [0.25, 0.3) is 0 Å². The molecule has 1 aromatic rings. The van der Waals surface area contributed by atoms with Crippen molar-refractivity contribution in [2.24, 2.45) is 5.92 Å². The fraction of sp³-hybridized carbons (Fsp3) is 0.538. The molecule has 0 radical (unpaired) electrons. The van der Waals surface area contributed by atoms with E-state index in [0.29, 0.717) is 5.92 Å². The number of nitrogens with one attached hydrogen (secondary N) is 1. The smallest absolute Gasteiger partial charge is 0.0946 e. The quantitative estimate of drug-likeness (QED) is 0.776. The third kappa shape index (κ3) is 2.21. The Hall–Kier alpha value is -0.860. The SMILES string of the molecule is CC(C)C[C@H]1NCc2ccccc2[C@@H]1O. The summed E-state index contributed by atoms with van der Waals surface area (Å²) in [5.41, 5.74) is 2.33. The van der Waals surface area contributed by atoms with E-state index in [1.54, 1.807) is 0 Å². The van der Waals surface area contributed by atoms with Gasteiger partial charge in [0.05, 0.1) is 6.10 Å². The summed E-state index contributed by atoms with van der Waals surface area (Å²) < 4.78 is 0. The van der Waals surface area contributed by atoms with Crippen molar-refractivity contribution in [1.29, 1.82) is 0 Å². The minimum absolute atomic E-state index is 0.208. The van der Waals surface area contributed by atoms with Gasteiger partial charge in [0.1, 0.15) is 0 Å². The minimum Gasteiger partial charge on any atom is -0.387 e. The first-order valence-corrected chi connectivity index (χ1v) is 5.67. The summed E-state index contributed by atoms with van der Waals surface area (Å²) in [4.78, 5) is 0. The van der Waals surface area contributed by atoms with Gasteiger partial charge in [-0.1, -0.05) is 38.1 Å². The highest BCUT2D eigenvalue weighted by atomic mass is 16.3. The summed E-state index contributed by atoms with van der Waals surface area (Å²) in [5, 5.41) is 13.6. The van der Waals surface area contributed by atoms with E-state index in [1.165, 1.54) is 5.56 Å². The van der Waals surface area contributed by atoms with Gasteiger partial charge in [0.25, 0.3) is 0 Å². The van der Waals surface area contributed by atoms with E-state index >= 15 is 0 Å². The van der Waals surface area contributed by atoms with Crippen LogP contribution in [-0.2, 0) is 6.54 Å². The lowest BCUT2D eigenvalue weighted by atomic mass is 9.88. The van der Waals surface area contributed by atoms with Gasteiger partial charge in [-0.05, 0) is 23.5 Å². The number of hydrogen-bond donors (Lipinski definition) is 2. The van der Waals surface area contributed by atoms with Gasteiger partial charge in [-0.15, -0.1) is 0 Å². The van der Waals surface area contributed by atoms with E-state index < -0.39 is 0 Å². The summed E-state index contributed by atoms with van der Waals surface area (Å²) >= 11 is 0. The molecule has 2 N–H and O–H groups in total. The molecule has 1 aliphatic rings. The van der Waals surface area contributed by atoms with Crippen LogP contribution in [0.5, 0.6) is 0 Å². The Balaban J connectivity index is 2.18. The van der Waals surface area contributed by atoms with Crippen LogP contribution < -0.4 is 5.32 Å². The zero-order valence-corrected chi connectivity index (χ0v) is 9.40. The highest BCUT2D eigenvalue weighted by Gasteiger charge is 2.27. The highest BCUT2D eigenvalue weighted by molar-refractivity contribution is 5.32. The lowest BCUT2D eigenvalue weighted by molar-refractivity contribution is 0.106. The summed E-state index contributed by atoms with van der Waals surface area (Å²) in [6, 6.07) is 8.35. The maximum absolute atomic E-state index is 10.2. The first-order valence-electron chi connectivity index (χ1n) is 5.67. The van der Waals surface area contributed by atoms with Crippen LogP contribution >= 0.6 is 0 Å². The number of fused-ring (bicyclic) bond motifs is 1. The van der Waals surface area contributed by atoms with Crippen LogP contribution in [-0.4, -0.2) is 11.1 Å². The van der Waals surface area contributed by atoms with E-state index in [9.17, 15) is 5.11 Å². The predicted octanol–water partition coefficient (Wildman–Crippen LogP) is 2.24. The van der Waals surface area contributed by atoms with Gasteiger partial charge in [0.2, 0.25) is 0 Å². The molecule has 0 fully saturated rings. The number of aliphatic hydroxyl groups excluding tert-OH is 1. The first-order chi connectivity index (χ1) is 7.18. The van der Waals surface area contributed by atoms with E-state index in [-0.39, 0.29) is 12.1 Å². The lowest BCUT2D eigenvalue weighted by Gasteiger charge is -2.32. The maximum Gasteiger partial charge on any atom is 0.0946 e. The van der Waals surface area contributed by atoms with Crippen molar-refractivity contribution in [3.63, 3.8) is 0 Å². The molecule has 15 heavy (non-hydrogen) atoms. The Labute approximate surface area is 91.3 Å². The Morgan fingerprint density at radius 2 is 2.13 bits per heavy atom. The van der Waals surface area contributed by atoms with Gasteiger partial charge in [-0.25, -0.2) is 0 Å². The van der Waals surface area contributed by atoms with Crippen molar-refractivity contribution in [3.05, 3.63) is 35.4 Å². The second-order valence-electron chi connectivity index (χ2n) is 4.76. The number of aliphatic hydroxyl groups is 1. The zero-order valence-electron chi connectivity index (χ0n) is 9.40. The van der Waals surface area contributed by atoms with Gasteiger partial charge in [0.15, 0.2) is 0 Å². The Bertz CT molecular complexity index is 335. The molecule has 2 atom stereocenters. The van der Waals surface area contributed by atoms with Crippen molar-refractivity contribution >= 4 is 0 Å². The molecular weight excluding hydrogens is 186 g/mol. The van der Waals surface area contributed by atoms with Gasteiger partial charge in [-0.2, -0.15) is 0 Å². The van der Waals surface area contributed by atoms with Gasteiger partial charge in [-0.3, -0.25) is 0 Å². The van der Waals surface area contributed by atoms with Crippen molar-refractivity contribution in [2.45, 2.75) is 39.0 Å². The minimum atomic E-state index is -0.350. The van der Waals surface area contributed by atoms with Gasteiger partial charge >= 0.3 is 0 Å². The molecule has 0 unspecified atom stereocenters. The summed E-state index contributed by atoms with van der Waals surface area (Å²) in [6.45, 7) is 5.26. The summed E-state index contributed by atoms with van der Waals surface area (Å²) in [5.74, 6) is 0.613. The monoisotopic (exact) mass is 205 g/mol. The summed E-state index contributed by atoms with van der Waals surface area (Å²) in [7, 11) is 0. The predicted molar refractivity (Wildman–Crippen MR) is 61.5 cm³/mol. The number of rotatable bonds is 2. The average molecular weight is 205 g/mol. The standard InChI is InChI=1S/C13H19NO/c1-9(2)7-12-13(15)11-6-4-3-5-10(11)8-14-12/h3-6,9,12-15H,7-8H2,1-2H3/t12-,13+/m1/s1. The van der Waals surface area contributed by atoms with Crippen LogP contribution in [0.2, 0.25) is 0 Å². The third-order valence-corrected chi connectivity index (χ3v) is 3.03. The fourth-order valence-electron chi connectivity index (χ4n) is 2.27. The molecule has 0 spiro atoms. The van der Waals surface area contributed by atoms with E-state index in [0.717, 1.165) is 18.5 Å². The number of benzene rings is 1. The lowest BCUT2D eigenvalue weighted by Crippen LogP contribution is -2.40.